The van der Waals surface area contributed by atoms with Crippen LogP contribution in [-0.4, -0.2) is 64.6 Å². The fraction of sp³-hybridized carbons (Fsp3) is 0.542. The van der Waals surface area contributed by atoms with E-state index in [1.54, 1.807) is 27.0 Å². The lowest BCUT2D eigenvalue weighted by molar-refractivity contribution is 0.00699. The fourth-order valence-corrected chi connectivity index (χ4v) is 5.09. The summed E-state index contributed by atoms with van der Waals surface area (Å²) in [4.78, 5) is 6.18. The summed E-state index contributed by atoms with van der Waals surface area (Å²) in [6, 6.07) is 3.47. The number of nitriles is 1. The molecule has 11 heteroatoms. The minimum Gasteiger partial charge on any atom is -0.496 e. The van der Waals surface area contributed by atoms with Gasteiger partial charge >= 0.3 is 0 Å². The molecule has 1 unspecified atom stereocenters. The van der Waals surface area contributed by atoms with Gasteiger partial charge in [0.05, 0.1) is 35.9 Å². The van der Waals surface area contributed by atoms with Crippen molar-refractivity contribution in [1.82, 2.24) is 14.7 Å². The molecule has 1 atom stereocenters. The summed E-state index contributed by atoms with van der Waals surface area (Å²) in [7, 11) is 1.57. The molecule has 2 aliphatic heterocycles. The van der Waals surface area contributed by atoms with Crippen LogP contribution in [0, 0.1) is 18.3 Å². The number of aliphatic hydroxyl groups is 1. The molecule has 2 aliphatic rings. The Morgan fingerprint density at radius 3 is 2.66 bits per heavy atom. The van der Waals surface area contributed by atoms with E-state index in [9.17, 15) is 19.1 Å². The number of aliphatic imine (C=N–C) groups is 1. The smallest absolute Gasteiger partial charge is 0.282 e. The number of nitrogens with two attached hydrogens (primary N) is 1. The second kappa shape index (κ2) is 9.09. The van der Waals surface area contributed by atoms with Gasteiger partial charge in [-0.05, 0) is 39.3 Å². The number of hydrogen-bond donors (Lipinski definition) is 3. The molecule has 1 fully saturated rings. The number of hydrogen-bond acceptors (Lipinski definition) is 8. The monoisotopic (exact) mass is 487 g/mol. The third-order valence-electron chi connectivity index (χ3n) is 6.63. The van der Waals surface area contributed by atoms with Crippen molar-refractivity contribution in [2.45, 2.75) is 51.7 Å². The number of halogens is 2. The number of amidine groups is 1. The number of ether oxygens (including phenoxy) is 1. The molecular weight excluding hydrogens is 456 g/mol. The summed E-state index contributed by atoms with van der Waals surface area (Å²) >= 11 is 0. The van der Waals surface area contributed by atoms with E-state index in [-0.39, 0.29) is 24.0 Å². The van der Waals surface area contributed by atoms with Crippen molar-refractivity contribution >= 4 is 11.7 Å². The first-order valence-corrected chi connectivity index (χ1v) is 11.5. The zero-order valence-electron chi connectivity index (χ0n) is 20.6. The predicted octanol–water partition coefficient (Wildman–Crippen LogP) is 2.88. The van der Waals surface area contributed by atoms with Gasteiger partial charge in [-0.3, -0.25) is 4.90 Å². The Morgan fingerprint density at radius 2 is 2.09 bits per heavy atom. The predicted molar refractivity (Wildman–Crippen MR) is 128 cm³/mol. The Balaban J connectivity index is 1.79. The average Bonchev–Trinajstić information content (AvgIpc) is 3.16. The maximum atomic E-state index is 13.8. The van der Waals surface area contributed by atoms with Crippen LogP contribution in [0.15, 0.2) is 11.1 Å². The average molecular weight is 488 g/mol. The number of likely N-dealkylation sites (tertiary alicyclic amines) is 1. The summed E-state index contributed by atoms with van der Waals surface area (Å²) < 4.78 is 34.9. The number of aromatic nitrogens is 2. The first-order chi connectivity index (χ1) is 16.5. The number of benzene rings is 1. The van der Waals surface area contributed by atoms with Crippen molar-refractivity contribution in [3.8, 4) is 11.8 Å². The standard InChI is InChI=1S/C24H31F2N7O2/c1-12-14(7-27)6-16(20(35-5)17(12)15-8-32(9-15)10-24(3,4)34)13(2)33-23-18(19(31-33)21(25)26)22(28)29-11-30-23/h6,13,15,21,30,34H,8-11H2,1-5H3,(H2,28,29). The van der Waals surface area contributed by atoms with Crippen molar-refractivity contribution < 1.29 is 18.6 Å². The molecule has 35 heavy (non-hydrogen) atoms. The maximum Gasteiger partial charge on any atom is 0.282 e. The summed E-state index contributed by atoms with van der Waals surface area (Å²) in [6.45, 7) is 9.38. The molecule has 1 aromatic carbocycles. The Bertz CT molecular complexity index is 1200. The quantitative estimate of drug-likeness (QED) is 0.548. The highest BCUT2D eigenvalue weighted by Gasteiger charge is 2.37. The fourth-order valence-electron chi connectivity index (χ4n) is 5.09. The van der Waals surface area contributed by atoms with Crippen LogP contribution in [0.2, 0.25) is 0 Å². The van der Waals surface area contributed by atoms with Crippen LogP contribution >= 0.6 is 0 Å². The van der Waals surface area contributed by atoms with Gasteiger partial charge in [-0.2, -0.15) is 10.4 Å². The van der Waals surface area contributed by atoms with Gasteiger partial charge in [-0.15, -0.1) is 0 Å². The van der Waals surface area contributed by atoms with Crippen LogP contribution in [0.1, 0.15) is 72.7 Å². The van der Waals surface area contributed by atoms with Crippen LogP contribution < -0.4 is 15.8 Å². The molecule has 2 aromatic rings. The van der Waals surface area contributed by atoms with E-state index in [0.717, 1.165) is 11.1 Å². The molecule has 4 rings (SSSR count). The van der Waals surface area contributed by atoms with Gasteiger partial charge in [0.15, 0.2) is 0 Å². The number of fused-ring (bicyclic) bond motifs is 1. The zero-order valence-corrected chi connectivity index (χ0v) is 20.6. The highest BCUT2D eigenvalue weighted by molar-refractivity contribution is 6.04. The number of rotatable bonds is 7. The minimum atomic E-state index is -2.83. The highest BCUT2D eigenvalue weighted by atomic mass is 19.3. The van der Waals surface area contributed by atoms with Crippen LogP contribution in [-0.2, 0) is 0 Å². The minimum absolute atomic E-state index is 0.0168. The Kier molecular flexibility index (Phi) is 6.46. The molecule has 9 nitrogen and oxygen atoms in total. The van der Waals surface area contributed by atoms with Crippen molar-refractivity contribution in [1.29, 1.82) is 5.26 Å². The molecule has 0 aliphatic carbocycles. The van der Waals surface area contributed by atoms with E-state index in [1.807, 2.05) is 13.8 Å². The van der Waals surface area contributed by atoms with Gasteiger partial charge < -0.3 is 20.9 Å². The summed E-state index contributed by atoms with van der Waals surface area (Å²) in [5, 5.41) is 27.2. The number of methoxy groups -OCH3 is 1. The Labute approximate surface area is 203 Å². The topological polar surface area (TPSA) is 125 Å². The van der Waals surface area contributed by atoms with Crippen molar-refractivity contribution in [2.24, 2.45) is 10.7 Å². The van der Waals surface area contributed by atoms with Crippen molar-refractivity contribution in [2.75, 3.05) is 38.7 Å². The lowest BCUT2D eigenvalue weighted by Gasteiger charge is -2.43. The second-order valence-corrected chi connectivity index (χ2v) is 9.81. The molecule has 0 amide bonds. The van der Waals surface area contributed by atoms with Crippen LogP contribution in [0.25, 0.3) is 0 Å². The normalized spacial score (nSPS) is 17.3. The lowest BCUT2D eigenvalue weighted by atomic mass is 9.83. The largest absolute Gasteiger partial charge is 0.496 e. The van der Waals surface area contributed by atoms with Gasteiger partial charge in [0.25, 0.3) is 6.43 Å². The van der Waals surface area contributed by atoms with Gasteiger partial charge in [0, 0.05) is 36.7 Å². The second-order valence-electron chi connectivity index (χ2n) is 9.81. The van der Waals surface area contributed by atoms with Gasteiger partial charge in [-0.25, -0.2) is 18.5 Å². The maximum absolute atomic E-state index is 13.8. The molecule has 0 saturated carbocycles. The number of β-amino-alcohol motifs (C(OH)–C–C–N with tert-alkyl or cyclic N) is 1. The Morgan fingerprint density at radius 1 is 1.40 bits per heavy atom. The van der Waals surface area contributed by atoms with Gasteiger partial charge in [0.1, 0.15) is 29.8 Å². The number of nitrogens with zero attached hydrogens (tertiary/aromatic N) is 5. The lowest BCUT2D eigenvalue weighted by Crippen LogP contribution is -2.51. The molecule has 0 radical (unpaired) electrons. The molecule has 1 saturated heterocycles. The highest BCUT2D eigenvalue weighted by Crippen LogP contribution is 2.43. The molecule has 0 bridgehead atoms. The summed E-state index contributed by atoms with van der Waals surface area (Å²) in [5.41, 5.74) is 7.71. The van der Waals surface area contributed by atoms with Crippen LogP contribution in [0.5, 0.6) is 5.75 Å². The molecule has 4 N–H and O–H groups in total. The number of anilines is 1. The molecule has 1 aromatic heterocycles. The summed E-state index contributed by atoms with van der Waals surface area (Å²) in [6.07, 6.45) is -2.83. The van der Waals surface area contributed by atoms with Crippen molar-refractivity contribution in [3.05, 3.63) is 39.6 Å². The van der Waals surface area contributed by atoms with E-state index in [4.69, 9.17) is 10.5 Å². The van der Waals surface area contributed by atoms with E-state index >= 15 is 0 Å². The van der Waals surface area contributed by atoms with Gasteiger partial charge in [-0.1, -0.05) is 0 Å². The third kappa shape index (κ3) is 4.44. The molecular formula is C24H31F2N7O2. The van der Waals surface area contributed by atoms with E-state index in [2.05, 4.69) is 26.4 Å². The number of nitrogens with one attached hydrogen (secondary N) is 1. The first kappa shape index (κ1) is 24.9. The first-order valence-electron chi connectivity index (χ1n) is 11.5. The van der Waals surface area contributed by atoms with E-state index < -0.39 is 23.8 Å². The van der Waals surface area contributed by atoms with Crippen LogP contribution in [0.3, 0.4) is 0 Å². The Hall–Kier alpha value is -3.23. The molecule has 0 spiro atoms. The SMILES string of the molecule is COc1c(C(C)n2nc(C(F)F)c3c2NCN=C3N)cc(C#N)c(C)c1C1CN(CC(C)(C)O)C1. The molecule has 3 heterocycles. The third-order valence-corrected chi connectivity index (χ3v) is 6.63. The van der Waals surface area contributed by atoms with Gasteiger partial charge in [0.2, 0.25) is 0 Å². The van der Waals surface area contributed by atoms with Crippen LogP contribution in [0.4, 0.5) is 14.6 Å². The molecule has 188 valence electrons. The zero-order chi connectivity index (χ0) is 25.7. The van der Waals surface area contributed by atoms with Crippen molar-refractivity contribution in [3.63, 3.8) is 0 Å². The van der Waals surface area contributed by atoms with E-state index in [0.29, 0.717) is 42.3 Å². The summed E-state index contributed by atoms with van der Waals surface area (Å²) in [5.74, 6) is 1.10. The number of alkyl halides is 2. The van der Waals surface area contributed by atoms with E-state index in [1.165, 1.54) is 4.68 Å².